The lowest BCUT2D eigenvalue weighted by Crippen LogP contribution is -2.19. The zero-order chi connectivity index (χ0) is 13.8. The lowest BCUT2D eigenvalue weighted by molar-refractivity contribution is -0.116. The Morgan fingerprint density at radius 2 is 2.11 bits per heavy atom. The zero-order valence-electron chi connectivity index (χ0n) is 10.9. The third-order valence-electron chi connectivity index (χ3n) is 2.63. The van der Waals surface area contributed by atoms with Gasteiger partial charge in [0.1, 0.15) is 12.2 Å². The molecule has 0 saturated carbocycles. The quantitative estimate of drug-likeness (QED) is 0.867. The number of aryl methyl sites for hydroxylation is 1. The molecule has 1 heterocycles. The Hall–Kier alpha value is -2.21. The van der Waals surface area contributed by atoms with Gasteiger partial charge in [-0.1, -0.05) is 22.9 Å². The molecule has 0 spiro atoms. The van der Waals surface area contributed by atoms with E-state index in [1.807, 2.05) is 31.2 Å². The van der Waals surface area contributed by atoms with E-state index in [2.05, 4.69) is 15.6 Å². The maximum absolute atomic E-state index is 11.8. The molecule has 100 valence electrons. The van der Waals surface area contributed by atoms with Gasteiger partial charge < -0.3 is 10.4 Å². The van der Waals surface area contributed by atoms with Crippen LogP contribution in [0.25, 0.3) is 0 Å². The third-order valence-corrected chi connectivity index (χ3v) is 2.63. The summed E-state index contributed by atoms with van der Waals surface area (Å²) in [5.41, 5.74) is 2.32. The molecule has 1 amide bonds. The van der Waals surface area contributed by atoms with Crippen molar-refractivity contribution in [2.75, 3.05) is 5.32 Å². The second kappa shape index (κ2) is 5.62. The number of nitrogens with zero attached hydrogens (tertiary/aromatic N) is 3. The summed E-state index contributed by atoms with van der Waals surface area (Å²) in [5, 5.41) is 19.6. The number of aliphatic hydroxyl groups is 1. The fraction of sp³-hybridized carbons (Fsp3) is 0.308. The van der Waals surface area contributed by atoms with Crippen molar-refractivity contribution < 1.29 is 9.90 Å². The smallest absolute Gasteiger partial charge is 0.246 e. The molecule has 2 aromatic rings. The van der Waals surface area contributed by atoms with Gasteiger partial charge in [0.05, 0.1) is 12.3 Å². The molecule has 2 N–H and O–H groups in total. The van der Waals surface area contributed by atoms with Gasteiger partial charge in [-0.25, -0.2) is 4.68 Å². The van der Waals surface area contributed by atoms with Crippen LogP contribution in [0.5, 0.6) is 0 Å². The summed E-state index contributed by atoms with van der Waals surface area (Å²) in [6.07, 6.45) is 0.869. The van der Waals surface area contributed by atoms with Crippen LogP contribution in [0.2, 0.25) is 0 Å². The Kier molecular flexibility index (Phi) is 3.91. The maximum atomic E-state index is 11.8. The van der Waals surface area contributed by atoms with Gasteiger partial charge in [0.25, 0.3) is 0 Å². The number of hydrogen-bond donors (Lipinski definition) is 2. The lowest BCUT2D eigenvalue weighted by atomic mass is 10.2. The van der Waals surface area contributed by atoms with Crippen LogP contribution in [-0.2, 0) is 11.3 Å². The minimum absolute atomic E-state index is 0.0631. The Balaban J connectivity index is 1.95. The van der Waals surface area contributed by atoms with Crippen molar-refractivity contribution in [2.24, 2.45) is 0 Å². The molecule has 6 heteroatoms. The molecule has 6 nitrogen and oxygen atoms in total. The molecule has 1 unspecified atom stereocenters. The highest BCUT2D eigenvalue weighted by molar-refractivity contribution is 5.90. The fourth-order valence-electron chi connectivity index (χ4n) is 1.57. The molecular weight excluding hydrogens is 244 g/mol. The standard InChI is InChI=1S/C13H16N4O2/c1-9-3-5-11(6-4-9)14-13(19)8-17-7-12(10(2)18)15-16-17/h3-7,10,18H,8H2,1-2H3,(H,14,19). The van der Waals surface area contributed by atoms with E-state index in [4.69, 9.17) is 0 Å². The van der Waals surface area contributed by atoms with Crippen LogP contribution in [-0.4, -0.2) is 26.0 Å². The number of nitrogens with one attached hydrogen (secondary N) is 1. The van der Waals surface area contributed by atoms with E-state index in [-0.39, 0.29) is 12.5 Å². The number of carbonyl (C=O) groups excluding carboxylic acids is 1. The summed E-state index contributed by atoms with van der Waals surface area (Å²) < 4.78 is 1.39. The molecule has 2 rings (SSSR count). The van der Waals surface area contributed by atoms with Gasteiger partial charge in [0.2, 0.25) is 5.91 Å². The van der Waals surface area contributed by atoms with Gasteiger partial charge in [0, 0.05) is 5.69 Å². The minimum Gasteiger partial charge on any atom is -0.387 e. The van der Waals surface area contributed by atoms with Crippen molar-refractivity contribution in [3.8, 4) is 0 Å². The number of aromatic nitrogens is 3. The molecule has 0 aliphatic heterocycles. The van der Waals surface area contributed by atoms with Crippen LogP contribution in [0.3, 0.4) is 0 Å². The zero-order valence-corrected chi connectivity index (χ0v) is 10.9. The maximum Gasteiger partial charge on any atom is 0.246 e. The van der Waals surface area contributed by atoms with Gasteiger partial charge in [0.15, 0.2) is 0 Å². The second-order valence-corrected chi connectivity index (χ2v) is 4.43. The normalized spacial score (nSPS) is 12.2. The minimum atomic E-state index is -0.686. The predicted molar refractivity (Wildman–Crippen MR) is 70.5 cm³/mol. The first-order valence-corrected chi connectivity index (χ1v) is 5.99. The summed E-state index contributed by atoms with van der Waals surface area (Å²) in [5.74, 6) is -0.189. The van der Waals surface area contributed by atoms with Gasteiger partial charge in [-0.05, 0) is 26.0 Å². The van der Waals surface area contributed by atoms with Gasteiger partial charge in [-0.15, -0.1) is 5.10 Å². The van der Waals surface area contributed by atoms with Gasteiger partial charge >= 0.3 is 0 Å². The van der Waals surface area contributed by atoms with Crippen LogP contribution >= 0.6 is 0 Å². The molecule has 0 radical (unpaired) electrons. The van der Waals surface area contributed by atoms with E-state index in [1.165, 1.54) is 4.68 Å². The fourth-order valence-corrected chi connectivity index (χ4v) is 1.57. The summed E-state index contributed by atoms with van der Waals surface area (Å²) in [6, 6.07) is 7.54. The third kappa shape index (κ3) is 3.62. The number of carbonyl (C=O) groups is 1. The van der Waals surface area contributed by atoms with Crippen LogP contribution < -0.4 is 5.32 Å². The van der Waals surface area contributed by atoms with Crippen LogP contribution in [0.15, 0.2) is 30.5 Å². The Labute approximate surface area is 111 Å². The first kappa shape index (κ1) is 13.2. The highest BCUT2D eigenvalue weighted by Gasteiger charge is 2.09. The molecule has 1 aromatic heterocycles. The van der Waals surface area contributed by atoms with Crippen molar-refractivity contribution in [3.63, 3.8) is 0 Å². The summed E-state index contributed by atoms with van der Waals surface area (Å²) in [4.78, 5) is 11.8. The highest BCUT2D eigenvalue weighted by Crippen LogP contribution is 2.09. The number of rotatable bonds is 4. The number of anilines is 1. The summed E-state index contributed by atoms with van der Waals surface area (Å²) >= 11 is 0. The summed E-state index contributed by atoms with van der Waals surface area (Å²) in [7, 11) is 0. The van der Waals surface area contributed by atoms with Crippen LogP contribution in [0.1, 0.15) is 24.3 Å². The van der Waals surface area contributed by atoms with E-state index in [1.54, 1.807) is 13.1 Å². The first-order chi connectivity index (χ1) is 9.04. The number of amides is 1. The topological polar surface area (TPSA) is 80.0 Å². The van der Waals surface area contributed by atoms with Gasteiger partial charge in [-0.3, -0.25) is 4.79 Å². The molecule has 0 fully saturated rings. The predicted octanol–water partition coefficient (Wildman–Crippen LogP) is 1.28. The second-order valence-electron chi connectivity index (χ2n) is 4.43. The molecule has 0 aliphatic carbocycles. The Morgan fingerprint density at radius 1 is 1.42 bits per heavy atom. The van der Waals surface area contributed by atoms with E-state index in [0.29, 0.717) is 5.69 Å². The molecule has 1 aromatic carbocycles. The number of benzene rings is 1. The molecule has 0 saturated heterocycles. The van der Waals surface area contributed by atoms with E-state index < -0.39 is 6.10 Å². The van der Waals surface area contributed by atoms with Crippen molar-refractivity contribution in [3.05, 3.63) is 41.7 Å². The molecule has 0 bridgehead atoms. The first-order valence-electron chi connectivity index (χ1n) is 5.99. The largest absolute Gasteiger partial charge is 0.387 e. The molecule has 0 aliphatic rings. The monoisotopic (exact) mass is 260 g/mol. The van der Waals surface area contributed by atoms with Crippen molar-refractivity contribution in [1.29, 1.82) is 0 Å². The van der Waals surface area contributed by atoms with Crippen LogP contribution in [0.4, 0.5) is 5.69 Å². The van der Waals surface area contributed by atoms with Crippen LogP contribution in [0, 0.1) is 6.92 Å². The molecule has 1 atom stereocenters. The van der Waals surface area contributed by atoms with E-state index >= 15 is 0 Å². The molecular formula is C13H16N4O2. The van der Waals surface area contributed by atoms with Crippen molar-refractivity contribution in [1.82, 2.24) is 15.0 Å². The highest BCUT2D eigenvalue weighted by atomic mass is 16.3. The van der Waals surface area contributed by atoms with Gasteiger partial charge in [-0.2, -0.15) is 0 Å². The summed E-state index contributed by atoms with van der Waals surface area (Å²) in [6.45, 7) is 3.65. The lowest BCUT2D eigenvalue weighted by Gasteiger charge is -2.05. The average molecular weight is 260 g/mol. The SMILES string of the molecule is Cc1ccc(NC(=O)Cn2cc(C(C)O)nn2)cc1. The number of aliphatic hydroxyl groups excluding tert-OH is 1. The average Bonchev–Trinajstić information content (AvgIpc) is 2.80. The van der Waals surface area contributed by atoms with E-state index in [9.17, 15) is 9.90 Å². The van der Waals surface area contributed by atoms with Crippen molar-refractivity contribution in [2.45, 2.75) is 26.5 Å². The van der Waals surface area contributed by atoms with E-state index in [0.717, 1.165) is 11.3 Å². The molecule has 19 heavy (non-hydrogen) atoms. The Bertz CT molecular complexity index is 560. The number of hydrogen-bond acceptors (Lipinski definition) is 4. The Morgan fingerprint density at radius 3 is 2.68 bits per heavy atom. The van der Waals surface area contributed by atoms with Crippen molar-refractivity contribution >= 4 is 11.6 Å².